The number of amides is 3. The highest BCUT2D eigenvalue weighted by Crippen LogP contribution is 2.35. The molecule has 198 valence electrons. The molecule has 0 bridgehead atoms. The van der Waals surface area contributed by atoms with E-state index in [0.29, 0.717) is 42.2 Å². The Labute approximate surface area is 224 Å². The number of nitrogens with one attached hydrogen (secondary N) is 1. The van der Waals surface area contributed by atoms with Crippen LogP contribution in [0.15, 0.2) is 65.9 Å². The lowest BCUT2D eigenvalue weighted by atomic mass is 9.93. The molecule has 1 heterocycles. The van der Waals surface area contributed by atoms with Crippen molar-refractivity contribution >= 4 is 29.5 Å². The molecule has 0 radical (unpaired) electrons. The highest BCUT2D eigenvalue weighted by Gasteiger charge is 2.38. The Morgan fingerprint density at radius 2 is 1.84 bits per heavy atom. The van der Waals surface area contributed by atoms with Gasteiger partial charge in [-0.2, -0.15) is 0 Å². The second-order valence-electron chi connectivity index (χ2n) is 9.58. The molecule has 2 aromatic rings. The molecule has 0 saturated heterocycles. The van der Waals surface area contributed by atoms with Crippen LogP contribution in [0.5, 0.6) is 0 Å². The van der Waals surface area contributed by atoms with E-state index in [4.69, 9.17) is 16.3 Å². The lowest BCUT2D eigenvalue weighted by molar-refractivity contribution is -0.143. The molecule has 1 unspecified atom stereocenters. The summed E-state index contributed by atoms with van der Waals surface area (Å²) in [6.45, 7) is 6.11. The Bertz CT molecular complexity index is 1130. The second-order valence-corrected chi connectivity index (χ2v) is 10.0. The summed E-state index contributed by atoms with van der Waals surface area (Å²) < 4.78 is 5.51. The van der Waals surface area contributed by atoms with Crippen molar-refractivity contribution in [2.45, 2.75) is 58.6 Å². The quantitative estimate of drug-likeness (QED) is 0.393. The van der Waals surface area contributed by atoms with E-state index < -0.39 is 12.0 Å². The molecule has 7 nitrogen and oxygen atoms in total. The van der Waals surface area contributed by atoms with Crippen LogP contribution in [0.3, 0.4) is 0 Å². The van der Waals surface area contributed by atoms with Gasteiger partial charge >= 0.3 is 12.0 Å². The first kappa shape index (κ1) is 28.3. The van der Waals surface area contributed by atoms with Crippen LogP contribution in [0.4, 0.5) is 4.79 Å². The molecule has 0 aliphatic carbocycles. The molecular formula is C29H36ClN3O4. The summed E-state index contributed by atoms with van der Waals surface area (Å²) in [5.74, 6) is -0.407. The molecule has 1 aliphatic heterocycles. The van der Waals surface area contributed by atoms with Crippen molar-refractivity contribution in [3.05, 3.63) is 82.0 Å². The predicted octanol–water partition coefficient (Wildman–Crippen LogP) is 5.50. The lowest BCUT2D eigenvalue weighted by Crippen LogP contribution is -2.49. The van der Waals surface area contributed by atoms with Crippen molar-refractivity contribution in [2.24, 2.45) is 0 Å². The Morgan fingerprint density at radius 3 is 2.51 bits per heavy atom. The number of halogens is 1. The number of benzene rings is 2. The summed E-state index contributed by atoms with van der Waals surface area (Å²) in [4.78, 5) is 42.1. The van der Waals surface area contributed by atoms with E-state index in [1.54, 1.807) is 55.8 Å². The molecule has 1 atom stereocenters. The van der Waals surface area contributed by atoms with Crippen LogP contribution in [0, 0.1) is 0 Å². The van der Waals surface area contributed by atoms with Gasteiger partial charge in [-0.1, -0.05) is 54.1 Å². The van der Waals surface area contributed by atoms with Gasteiger partial charge in [-0.25, -0.2) is 9.59 Å². The number of urea groups is 1. The van der Waals surface area contributed by atoms with Gasteiger partial charge in [0.1, 0.15) is 0 Å². The molecule has 2 aromatic carbocycles. The fourth-order valence-electron chi connectivity index (χ4n) is 4.46. The highest BCUT2D eigenvalue weighted by atomic mass is 35.5. The minimum absolute atomic E-state index is 0.0716. The van der Waals surface area contributed by atoms with Crippen molar-refractivity contribution in [2.75, 3.05) is 20.1 Å². The topological polar surface area (TPSA) is 79.0 Å². The van der Waals surface area contributed by atoms with Gasteiger partial charge in [0.2, 0.25) is 5.91 Å². The lowest BCUT2D eigenvalue weighted by Gasteiger charge is -2.38. The first-order valence-corrected chi connectivity index (χ1v) is 13.1. The van der Waals surface area contributed by atoms with Crippen LogP contribution in [0.2, 0.25) is 5.02 Å². The van der Waals surface area contributed by atoms with Crippen LogP contribution in [-0.2, 0) is 20.7 Å². The van der Waals surface area contributed by atoms with E-state index in [9.17, 15) is 14.4 Å². The van der Waals surface area contributed by atoms with E-state index >= 15 is 0 Å². The van der Waals surface area contributed by atoms with Gasteiger partial charge < -0.3 is 19.9 Å². The van der Waals surface area contributed by atoms with Crippen molar-refractivity contribution in [3.8, 4) is 0 Å². The summed E-state index contributed by atoms with van der Waals surface area (Å²) in [6.07, 6.45) is 2.35. The second kappa shape index (κ2) is 13.3. The maximum absolute atomic E-state index is 13.1. The Morgan fingerprint density at radius 1 is 1.11 bits per heavy atom. The van der Waals surface area contributed by atoms with Gasteiger partial charge in [0.15, 0.2) is 0 Å². The average molecular weight is 526 g/mol. The van der Waals surface area contributed by atoms with Crippen molar-refractivity contribution in [1.29, 1.82) is 0 Å². The maximum atomic E-state index is 13.1. The molecule has 0 saturated carbocycles. The number of ether oxygens (including phenoxy) is 1. The SMILES string of the molecule is CC1=C(C(=O)OC(C)C)C(c2cccc(Cl)c2)N(CCCN(C)C(=O)CCCc2ccccc2)C(=O)N1. The van der Waals surface area contributed by atoms with Gasteiger partial charge in [-0.15, -0.1) is 0 Å². The standard InChI is InChI=1S/C29H36ClN3O4/c1-20(2)37-28(35)26-21(3)31-29(36)33(27(26)23-14-9-15-24(30)19-23)18-10-17-32(4)25(34)16-8-13-22-11-6-5-7-12-22/h5-7,9,11-12,14-15,19-20,27H,8,10,13,16-18H2,1-4H3,(H,31,36). The van der Waals surface area contributed by atoms with Crippen LogP contribution in [0.25, 0.3) is 0 Å². The van der Waals surface area contributed by atoms with Crippen molar-refractivity contribution < 1.29 is 19.1 Å². The highest BCUT2D eigenvalue weighted by molar-refractivity contribution is 6.30. The van der Waals surface area contributed by atoms with Gasteiger partial charge in [-0.3, -0.25) is 4.79 Å². The normalized spacial score (nSPS) is 15.6. The van der Waals surface area contributed by atoms with Crippen molar-refractivity contribution in [3.63, 3.8) is 0 Å². The van der Waals surface area contributed by atoms with E-state index in [1.807, 2.05) is 24.3 Å². The Kier molecular flexibility index (Phi) is 10.1. The average Bonchev–Trinajstić information content (AvgIpc) is 2.84. The number of nitrogens with zero attached hydrogens (tertiary/aromatic N) is 2. The van der Waals surface area contributed by atoms with Crippen LogP contribution < -0.4 is 5.32 Å². The molecule has 0 fully saturated rings. The molecule has 3 rings (SSSR count). The largest absolute Gasteiger partial charge is 0.459 e. The summed E-state index contributed by atoms with van der Waals surface area (Å²) in [5.41, 5.74) is 2.78. The monoisotopic (exact) mass is 525 g/mol. The molecule has 1 aliphatic rings. The maximum Gasteiger partial charge on any atom is 0.338 e. The Hall–Kier alpha value is -3.32. The zero-order chi connectivity index (χ0) is 26.9. The summed E-state index contributed by atoms with van der Waals surface area (Å²) in [5, 5.41) is 3.32. The molecule has 3 amide bonds. The number of esters is 1. The number of aryl methyl sites for hydroxylation is 1. The summed E-state index contributed by atoms with van der Waals surface area (Å²) in [6, 6.07) is 16.3. The van der Waals surface area contributed by atoms with Gasteiger partial charge in [0, 0.05) is 37.3 Å². The van der Waals surface area contributed by atoms with Crippen LogP contribution in [0.1, 0.15) is 57.2 Å². The van der Waals surface area contributed by atoms with E-state index in [-0.39, 0.29) is 18.0 Å². The molecule has 37 heavy (non-hydrogen) atoms. The zero-order valence-electron chi connectivity index (χ0n) is 22.0. The Balaban J connectivity index is 1.67. The molecule has 0 aromatic heterocycles. The minimum atomic E-state index is -0.648. The number of allylic oxidation sites excluding steroid dienone is 1. The van der Waals surface area contributed by atoms with E-state index in [1.165, 1.54) is 5.56 Å². The third-order valence-electron chi connectivity index (χ3n) is 6.29. The predicted molar refractivity (Wildman–Crippen MR) is 145 cm³/mol. The minimum Gasteiger partial charge on any atom is -0.459 e. The molecular weight excluding hydrogens is 490 g/mol. The van der Waals surface area contributed by atoms with Crippen LogP contribution >= 0.6 is 11.6 Å². The number of carbonyl (C=O) groups excluding carboxylic acids is 3. The molecule has 0 spiro atoms. The first-order chi connectivity index (χ1) is 17.7. The fourth-order valence-corrected chi connectivity index (χ4v) is 4.65. The van der Waals surface area contributed by atoms with Gasteiger partial charge in [-0.05, 0) is 63.3 Å². The molecule has 8 heteroatoms. The number of carbonyl (C=O) groups is 3. The van der Waals surface area contributed by atoms with Crippen LogP contribution in [-0.4, -0.2) is 53.9 Å². The number of hydrogen-bond acceptors (Lipinski definition) is 4. The molecule has 1 N–H and O–H groups in total. The van der Waals surface area contributed by atoms with Gasteiger partial charge in [0.05, 0.1) is 17.7 Å². The van der Waals surface area contributed by atoms with E-state index in [2.05, 4.69) is 17.4 Å². The van der Waals surface area contributed by atoms with Crippen molar-refractivity contribution in [1.82, 2.24) is 15.1 Å². The zero-order valence-corrected chi connectivity index (χ0v) is 22.8. The van der Waals surface area contributed by atoms with Gasteiger partial charge in [0.25, 0.3) is 0 Å². The number of hydrogen-bond donors (Lipinski definition) is 1. The smallest absolute Gasteiger partial charge is 0.338 e. The summed E-state index contributed by atoms with van der Waals surface area (Å²) in [7, 11) is 1.78. The summed E-state index contributed by atoms with van der Waals surface area (Å²) >= 11 is 6.26. The third kappa shape index (κ3) is 7.83. The number of rotatable bonds is 11. The first-order valence-electron chi connectivity index (χ1n) is 12.7. The third-order valence-corrected chi connectivity index (χ3v) is 6.52. The fraction of sp³-hybridized carbons (Fsp3) is 0.414. The van der Waals surface area contributed by atoms with E-state index in [0.717, 1.165) is 18.4 Å².